The molecular formula is C10H11N3O. The van der Waals surface area contributed by atoms with Crippen LogP contribution in [0.4, 0.5) is 0 Å². The number of aldehydes is 1. The molecule has 0 saturated carbocycles. The molecule has 2 N–H and O–H groups in total. The summed E-state index contributed by atoms with van der Waals surface area (Å²) in [6.45, 7) is 0. The van der Waals surface area contributed by atoms with Crippen LogP contribution in [0.15, 0.2) is 24.5 Å². The second-order valence-corrected chi connectivity index (χ2v) is 2.59. The standard InChI is InChI=1S/C10H11N3O/c1-12-6-8(5-11)9-3-2-4-13-10(9)7-14/h2-7,11-12H,1H3/b8-6+,11-5?. The Morgan fingerprint density at radius 2 is 2.43 bits per heavy atom. The molecule has 0 aliphatic carbocycles. The van der Waals surface area contributed by atoms with Crippen LogP contribution in [0.25, 0.3) is 5.57 Å². The third-order valence-electron chi connectivity index (χ3n) is 1.72. The number of hydrogen-bond donors (Lipinski definition) is 2. The first-order valence-corrected chi connectivity index (χ1v) is 4.12. The highest BCUT2D eigenvalue weighted by molar-refractivity contribution is 6.10. The van der Waals surface area contributed by atoms with Gasteiger partial charge in [0.25, 0.3) is 0 Å². The van der Waals surface area contributed by atoms with Gasteiger partial charge >= 0.3 is 0 Å². The van der Waals surface area contributed by atoms with Crippen LogP contribution >= 0.6 is 0 Å². The highest BCUT2D eigenvalue weighted by Gasteiger charge is 2.04. The maximum Gasteiger partial charge on any atom is 0.169 e. The molecule has 1 aromatic rings. The van der Waals surface area contributed by atoms with Crippen LogP contribution in [0.1, 0.15) is 16.1 Å². The smallest absolute Gasteiger partial charge is 0.169 e. The summed E-state index contributed by atoms with van der Waals surface area (Å²) in [6, 6.07) is 3.49. The lowest BCUT2D eigenvalue weighted by Crippen LogP contribution is -2.01. The summed E-state index contributed by atoms with van der Waals surface area (Å²) in [5.41, 5.74) is 1.63. The second kappa shape index (κ2) is 4.91. The van der Waals surface area contributed by atoms with Crippen LogP contribution in [-0.4, -0.2) is 24.5 Å². The fourth-order valence-corrected chi connectivity index (χ4v) is 1.11. The Balaban J connectivity index is 3.22. The van der Waals surface area contributed by atoms with Gasteiger partial charge in [-0.3, -0.25) is 9.78 Å². The minimum atomic E-state index is 0.345. The summed E-state index contributed by atoms with van der Waals surface area (Å²) in [4.78, 5) is 14.6. The minimum absolute atomic E-state index is 0.345. The Hall–Kier alpha value is -1.97. The Bertz CT molecular complexity index is 371. The fourth-order valence-electron chi connectivity index (χ4n) is 1.11. The van der Waals surface area contributed by atoms with Crippen LogP contribution < -0.4 is 5.32 Å². The van der Waals surface area contributed by atoms with E-state index in [4.69, 9.17) is 5.41 Å². The van der Waals surface area contributed by atoms with E-state index in [9.17, 15) is 4.79 Å². The van der Waals surface area contributed by atoms with Crippen molar-refractivity contribution in [3.8, 4) is 0 Å². The quantitative estimate of drug-likeness (QED) is 0.550. The van der Waals surface area contributed by atoms with Gasteiger partial charge in [-0.05, 0) is 6.07 Å². The van der Waals surface area contributed by atoms with E-state index in [1.165, 1.54) is 6.21 Å². The molecule has 4 heteroatoms. The van der Waals surface area contributed by atoms with E-state index in [1.54, 1.807) is 31.6 Å². The topological polar surface area (TPSA) is 65.8 Å². The van der Waals surface area contributed by atoms with Crippen molar-refractivity contribution in [1.29, 1.82) is 5.41 Å². The third-order valence-corrected chi connectivity index (χ3v) is 1.72. The summed E-state index contributed by atoms with van der Waals surface area (Å²) in [6.07, 6.45) is 5.06. The van der Waals surface area contributed by atoms with Gasteiger partial charge in [-0.1, -0.05) is 6.07 Å². The van der Waals surface area contributed by atoms with E-state index in [0.29, 0.717) is 23.1 Å². The van der Waals surface area contributed by atoms with E-state index in [0.717, 1.165) is 0 Å². The van der Waals surface area contributed by atoms with E-state index in [2.05, 4.69) is 10.3 Å². The number of aromatic nitrogens is 1. The molecule has 0 bridgehead atoms. The number of hydrogen-bond acceptors (Lipinski definition) is 4. The lowest BCUT2D eigenvalue weighted by atomic mass is 10.1. The van der Waals surface area contributed by atoms with Crippen molar-refractivity contribution in [1.82, 2.24) is 10.3 Å². The Labute approximate surface area is 82.2 Å². The first kappa shape index (κ1) is 10.1. The highest BCUT2D eigenvalue weighted by atomic mass is 16.1. The van der Waals surface area contributed by atoms with Crippen LogP contribution in [0, 0.1) is 5.41 Å². The molecule has 0 aliphatic rings. The van der Waals surface area contributed by atoms with Crippen LogP contribution in [0.2, 0.25) is 0 Å². The number of carbonyl (C=O) groups excluding carboxylic acids is 1. The maximum absolute atomic E-state index is 10.7. The number of rotatable bonds is 4. The number of pyridine rings is 1. The Morgan fingerprint density at radius 1 is 1.64 bits per heavy atom. The summed E-state index contributed by atoms with van der Waals surface area (Å²) >= 11 is 0. The zero-order chi connectivity index (χ0) is 10.4. The van der Waals surface area contributed by atoms with Gasteiger partial charge in [-0.15, -0.1) is 0 Å². The van der Waals surface area contributed by atoms with Gasteiger partial charge in [0.1, 0.15) is 5.69 Å². The van der Waals surface area contributed by atoms with Gasteiger partial charge in [0, 0.05) is 36.8 Å². The zero-order valence-electron chi connectivity index (χ0n) is 7.82. The van der Waals surface area contributed by atoms with Crippen molar-refractivity contribution >= 4 is 18.1 Å². The first-order chi connectivity index (χ1) is 6.83. The SMILES string of the molecule is CN/C=C(\C=N)c1cccnc1C=O. The van der Waals surface area contributed by atoms with Crippen LogP contribution in [0.3, 0.4) is 0 Å². The molecule has 0 aromatic carbocycles. The molecule has 0 unspecified atom stereocenters. The molecule has 1 rings (SSSR count). The summed E-state index contributed by atoms with van der Waals surface area (Å²) in [5, 5.41) is 10.0. The summed E-state index contributed by atoms with van der Waals surface area (Å²) < 4.78 is 0. The van der Waals surface area contributed by atoms with E-state index < -0.39 is 0 Å². The molecule has 0 aliphatic heterocycles. The van der Waals surface area contributed by atoms with E-state index in [-0.39, 0.29) is 0 Å². The van der Waals surface area contributed by atoms with E-state index in [1.807, 2.05) is 0 Å². The highest BCUT2D eigenvalue weighted by Crippen LogP contribution is 2.13. The summed E-state index contributed by atoms with van der Waals surface area (Å²) in [7, 11) is 1.74. The van der Waals surface area contributed by atoms with Gasteiger partial charge in [0.05, 0.1) is 0 Å². The van der Waals surface area contributed by atoms with Crippen LogP contribution in [0.5, 0.6) is 0 Å². The van der Waals surface area contributed by atoms with Gasteiger partial charge in [0.15, 0.2) is 6.29 Å². The molecule has 0 amide bonds. The van der Waals surface area contributed by atoms with Gasteiger partial charge in [0.2, 0.25) is 0 Å². The maximum atomic E-state index is 10.7. The molecule has 1 heterocycles. The average molecular weight is 189 g/mol. The normalized spacial score (nSPS) is 10.8. The Kier molecular flexibility index (Phi) is 3.55. The second-order valence-electron chi connectivity index (χ2n) is 2.59. The van der Waals surface area contributed by atoms with Gasteiger partial charge in [-0.2, -0.15) is 0 Å². The molecule has 0 saturated heterocycles. The molecule has 14 heavy (non-hydrogen) atoms. The summed E-state index contributed by atoms with van der Waals surface area (Å²) in [5.74, 6) is 0. The molecule has 0 fully saturated rings. The average Bonchev–Trinajstić information content (AvgIpc) is 2.26. The predicted molar refractivity (Wildman–Crippen MR) is 55.4 cm³/mol. The van der Waals surface area contributed by atoms with Crippen molar-refractivity contribution in [3.63, 3.8) is 0 Å². The van der Waals surface area contributed by atoms with Crippen molar-refractivity contribution in [2.45, 2.75) is 0 Å². The number of nitrogens with one attached hydrogen (secondary N) is 2. The van der Waals surface area contributed by atoms with Crippen molar-refractivity contribution < 1.29 is 4.79 Å². The molecule has 4 nitrogen and oxygen atoms in total. The number of nitrogens with zero attached hydrogens (tertiary/aromatic N) is 1. The minimum Gasteiger partial charge on any atom is -0.393 e. The third kappa shape index (κ3) is 2.04. The van der Waals surface area contributed by atoms with Gasteiger partial charge < -0.3 is 10.7 Å². The molecule has 1 aromatic heterocycles. The lowest BCUT2D eigenvalue weighted by molar-refractivity contribution is 0.111. The zero-order valence-corrected chi connectivity index (χ0v) is 7.82. The number of allylic oxidation sites excluding steroid dienone is 1. The van der Waals surface area contributed by atoms with Gasteiger partial charge in [-0.25, -0.2) is 0 Å². The fraction of sp³-hybridized carbons (Fsp3) is 0.100. The first-order valence-electron chi connectivity index (χ1n) is 4.12. The van der Waals surface area contributed by atoms with Crippen molar-refractivity contribution in [2.75, 3.05) is 7.05 Å². The molecule has 0 spiro atoms. The molecule has 0 atom stereocenters. The van der Waals surface area contributed by atoms with Crippen molar-refractivity contribution in [2.24, 2.45) is 0 Å². The monoisotopic (exact) mass is 189 g/mol. The molecule has 72 valence electrons. The Morgan fingerprint density at radius 3 is 3.00 bits per heavy atom. The molecular weight excluding hydrogens is 178 g/mol. The largest absolute Gasteiger partial charge is 0.393 e. The van der Waals surface area contributed by atoms with E-state index >= 15 is 0 Å². The number of carbonyl (C=O) groups is 1. The molecule has 0 radical (unpaired) electrons. The van der Waals surface area contributed by atoms with Crippen LogP contribution in [-0.2, 0) is 0 Å². The van der Waals surface area contributed by atoms with Crippen molar-refractivity contribution in [3.05, 3.63) is 35.8 Å². The predicted octanol–water partition coefficient (Wildman–Crippen LogP) is 1.10. The lowest BCUT2D eigenvalue weighted by Gasteiger charge is -2.03.